The van der Waals surface area contributed by atoms with Crippen LogP contribution in [0.3, 0.4) is 0 Å². The van der Waals surface area contributed by atoms with E-state index in [2.05, 4.69) is 0 Å². The molecule has 0 aliphatic carbocycles. The van der Waals surface area contributed by atoms with E-state index in [4.69, 9.17) is 42.1 Å². The van der Waals surface area contributed by atoms with Crippen molar-refractivity contribution in [3.8, 4) is 0 Å². The van der Waals surface area contributed by atoms with Crippen molar-refractivity contribution < 1.29 is 77.7 Å². The van der Waals surface area contributed by atoms with E-state index < -0.39 is 23.7 Å². The minimum Gasteiger partial charge on any atom is -0.744 e. The van der Waals surface area contributed by atoms with Gasteiger partial charge in [-0.15, -0.1) is 0 Å². The molecule has 0 rings (SSSR count). The minimum absolute atomic E-state index is 0. The third kappa shape index (κ3) is 2470. The van der Waals surface area contributed by atoms with Crippen LogP contribution in [0.25, 0.3) is 0 Å². The smallest absolute Gasteiger partial charge is 0.744 e. The summed E-state index contributed by atoms with van der Waals surface area (Å²) < 4.78 is 50.9. The number of hydrogen-bond acceptors (Lipinski definition) is 9. The maximum Gasteiger partial charge on any atom is 3.00 e. The summed E-state index contributed by atoms with van der Waals surface area (Å²) in [4.78, 5) is 25.4. The van der Waals surface area contributed by atoms with Crippen molar-refractivity contribution in [1.82, 2.24) is 0 Å². The fraction of sp³-hybridized carbons (Fsp3) is 0. The van der Waals surface area contributed by atoms with Gasteiger partial charge in [-0.1, -0.05) is 0 Å². The molecule has 13 heteroatoms. The third-order valence-electron chi connectivity index (χ3n) is 0. The molecule has 0 unspecified atom stereocenters. The minimum atomic E-state index is -3.37. The van der Waals surface area contributed by atoms with Crippen molar-refractivity contribution in [1.29, 1.82) is 0 Å². The Bertz CT molecular complexity index is 208. The van der Waals surface area contributed by atoms with Gasteiger partial charge in [0.25, 0.3) is 0 Å². The Labute approximate surface area is 101 Å². The first-order chi connectivity index (χ1) is 5.20. The summed E-state index contributed by atoms with van der Waals surface area (Å²) >= 11 is 0. The van der Waals surface area contributed by atoms with Gasteiger partial charge in [-0.05, 0) is 0 Å². The van der Waals surface area contributed by atoms with Crippen LogP contribution in [0.5, 0.6) is 0 Å². The first kappa shape index (κ1) is 23.5. The molecule has 0 aliphatic rings. The van der Waals surface area contributed by atoms with E-state index in [0.29, 0.717) is 0 Å². The molecule has 0 spiro atoms. The first-order valence-electron chi connectivity index (χ1n) is 1.64. The van der Waals surface area contributed by atoms with Crippen LogP contribution in [-0.2, 0) is 27.4 Å². The zero-order valence-electron chi connectivity index (χ0n) is 5.59. The molecule has 0 amide bonds. The zero-order chi connectivity index (χ0) is 10.7. The monoisotopic (exact) mass is 376 g/mol. The molecule has 0 fully saturated rings. The molecule has 0 aromatic heterocycles. The third-order valence-corrected chi connectivity index (χ3v) is 0. The molecule has 0 saturated carbocycles. The second-order valence-corrected chi connectivity index (χ2v) is 2.01. The molecule has 0 aromatic rings. The predicted octanol–water partition coefficient (Wildman–Crippen LogP) is -1.70. The fourth-order valence-electron chi connectivity index (χ4n) is 0. The van der Waals surface area contributed by atoms with Gasteiger partial charge in [-0.3, -0.25) is 27.4 Å². The molecule has 9 nitrogen and oxygen atoms in total. The van der Waals surface area contributed by atoms with Gasteiger partial charge in [0.2, 0.25) is 23.7 Å². The molecule has 0 bridgehead atoms. The first-order valence-corrected chi connectivity index (χ1v) is 4.93. The van der Waals surface area contributed by atoms with Crippen molar-refractivity contribution in [3.63, 3.8) is 0 Å². The van der Waals surface area contributed by atoms with Crippen LogP contribution >= 0.6 is 23.7 Å². The molecule has 0 N–H and O–H groups in total. The van der Waals surface area contributed by atoms with Gasteiger partial charge >= 0.3 is 35.6 Å². The molecule has 72 valence electrons. The molecule has 0 aliphatic heterocycles. The standard InChI is InChI=1S/La.3HO3P/c;3*1-4(2)3/h;3*(H,1,2,3)/q+3;;;/p-3. The van der Waals surface area contributed by atoms with E-state index in [1.165, 1.54) is 0 Å². The summed E-state index contributed by atoms with van der Waals surface area (Å²) in [5, 5.41) is 0. The van der Waals surface area contributed by atoms with Crippen molar-refractivity contribution in [2.75, 3.05) is 0 Å². The largest absolute Gasteiger partial charge is 3.00 e. The second-order valence-electron chi connectivity index (χ2n) is 0.671. The van der Waals surface area contributed by atoms with Crippen LogP contribution in [0.2, 0.25) is 0 Å². The Kier molecular flexibility index (Phi) is 33.5. The molecular formula is LaO9P3. The Morgan fingerprint density at radius 1 is 0.538 bits per heavy atom. The SMILES string of the molecule is O=P(=O)[O-].O=P(=O)[O-].O=P(=O)[O-].[La+3]. The van der Waals surface area contributed by atoms with Gasteiger partial charge in [-0.25, -0.2) is 0 Å². The van der Waals surface area contributed by atoms with Gasteiger partial charge in [0, 0.05) is 0 Å². The second kappa shape index (κ2) is 18.5. The zero-order valence-corrected chi connectivity index (χ0v) is 11.9. The molecular weight excluding hydrogens is 376 g/mol. The van der Waals surface area contributed by atoms with Crippen molar-refractivity contribution in [2.45, 2.75) is 0 Å². The van der Waals surface area contributed by atoms with Crippen LogP contribution in [-0.4, -0.2) is 0 Å². The van der Waals surface area contributed by atoms with Gasteiger partial charge in [-0.2, -0.15) is 0 Å². The van der Waals surface area contributed by atoms with E-state index in [1.54, 1.807) is 0 Å². The van der Waals surface area contributed by atoms with Gasteiger partial charge < -0.3 is 14.7 Å². The average Bonchev–Trinajstić information content (AvgIpc) is 1.54. The molecule has 0 aromatic carbocycles. The van der Waals surface area contributed by atoms with Crippen LogP contribution in [0.1, 0.15) is 0 Å². The summed E-state index contributed by atoms with van der Waals surface area (Å²) in [7, 11) is -10.1. The Hall–Kier alpha value is 0.775. The topological polar surface area (TPSA) is 172 Å². The molecule has 0 saturated heterocycles. The Morgan fingerprint density at radius 2 is 0.538 bits per heavy atom. The van der Waals surface area contributed by atoms with Crippen molar-refractivity contribution >= 4 is 23.7 Å². The number of rotatable bonds is 0. The summed E-state index contributed by atoms with van der Waals surface area (Å²) in [5.74, 6) is 0. The normalized spacial score (nSPS) is 5.77. The van der Waals surface area contributed by atoms with Gasteiger partial charge in [0.15, 0.2) is 0 Å². The number of hydrogen-bond donors (Lipinski definition) is 0. The summed E-state index contributed by atoms with van der Waals surface area (Å²) in [5.41, 5.74) is 0. The van der Waals surface area contributed by atoms with Crippen LogP contribution in [0.4, 0.5) is 0 Å². The molecule has 0 atom stereocenters. The maximum absolute atomic E-state index is 8.48. The van der Waals surface area contributed by atoms with Gasteiger partial charge in [0.05, 0.1) is 0 Å². The van der Waals surface area contributed by atoms with Crippen LogP contribution in [0, 0.1) is 35.6 Å². The maximum atomic E-state index is 8.48. The van der Waals surface area contributed by atoms with Crippen LogP contribution in [0.15, 0.2) is 0 Å². The quantitative estimate of drug-likeness (QED) is 0.447. The van der Waals surface area contributed by atoms with Crippen molar-refractivity contribution in [3.05, 3.63) is 0 Å². The van der Waals surface area contributed by atoms with E-state index in [9.17, 15) is 0 Å². The van der Waals surface area contributed by atoms with Gasteiger partial charge in [0.1, 0.15) is 0 Å². The van der Waals surface area contributed by atoms with E-state index in [1.807, 2.05) is 0 Å². The van der Waals surface area contributed by atoms with E-state index >= 15 is 0 Å². The average molecular weight is 376 g/mol. The van der Waals surface area contributed by atoms with E-state index in [-0.39, 0.29) is 35.6 Å². The predicted molar refractivity (Wildman–Crippen MR) is 24.9 cm³/mol. The fourth-order valence-corrected chi connectivity index (χ4v) is 0. The summed E-state index contributed by atoms with van der Waals surface area (Å²) in [6.07, 6.45) is 0. The molecule has 0 radical (unpaired) electrons. The summed E-state index contributed by atoms with van der Waals surface area (Å²) in [6.45, 7) is 0. The Morgan fingerprint density at radius 3 is 0.538 bits per heavy atom. The molecule has 0 heterocycles. The Balaban J connectivity index is -0.0000000450. The molecule has 13 heavy (non-hydrogen) atoms. The van der Waals surface area contributed by atoms with Crippen molar-refractivity contribution in [2.24, 2.45) is 0 Å². The van der Waals surface area contributed by atoms with E-state index in [0.717, 1.165) is 0 Å². The van der Waals surface area contributed by atoms with Crippen LogP contribution < -0.4 is 14.7 Å². The summed E-state index contributed by atoms with van der Waals surface area (Å²) in [6, 6.07) is 0.